The largest absolute Gasteiger partial charge is 0.490 e. The second-order valence-electron chi connectivity index (χ2n) is 13.7. The number of amides is 1. The maximum atomic E-state index is 12.6. The molecular formula is C41H63NO6. The number of unbranched alkanes of at least 4 members (excludes halogenated alkanes) is 12. The quantitative estimate of drug-likeness (QED) is 0.0527. The maximum Gasteiger partial charge on any atom is 0.306 e. The van der Waals surface area contributed by atoms with Gasteiger partial charge in [-0.3, -0.25) is 9.59 Å². The number of rotatable bonds is 26. The van der Waals surface area contributed by atoms with Gasteiger partial charge in [-0.1, -0.05) is 114 Å². The minimum atomic E-state index is -1.28. The van der Waals surface area contributed by atoms with E-state index in [9.17, 15) is 19.8 Å². The summed E-state index contributed by atoms with van der Waals surface area (Å²) in [5, 5.41) is 24.4. The minimum absolute atomic E-state index is 0.0862. The zero-order chi connectivity index (χ0) is 35.0. The molecule has 0 aliphatic carbocycles. The van der Waals surface area contributed by atoms with E-state index in [1.807, 2.05) is 42.5 Å². The van der Waals surface area contributed by atoms with Crippen LogP contribution in [0, 0.1) is 0 Å². The summed E-state index contributed by atoms with van der Waals surface area (Å²) >= 11 is 0. The number of nitrogens with one attached hydrogen (secondary N) is 1. The van der Waals surface area contributed by atoms with Crippen molar-refractivity contribution in [3.8, 4) is 5.75 Å². The van der Waals surface area contributed by atoms with Crippen LogP contribution in [-0.2, 0) is 16.0 Å². The molecular weight excluding hydrogens is 602 g/mol. The van der Waals surface area contributed by atoms with E-state index in [4.69, 9.17) is 9.47 Å². The molecule has 0 aliphatic heterocycles. The summed E-state index contributed by atoms with van der Waals surface area (Å²) < 4.78 is 11.5. The fourth-order valence-electron chi connectivity index (χ4n) is 5.54. The van der Waals surface area contributed by atoms with Crippen LogP contribution in [0.25, 0.3) is 0 Å². The highest BCUT2D eigenvalue weighted by Gasteiger charge is 2.32. The number of hydrogen-bond donors (Lipinski definition) is 3. The Hall–Kier alpha value is -3.16. The summed E-state index contributed by atoms with van der Waals surface area (Å²) in [4.78, 5) is 24.8. The monoisotopic (exact) mass is 665 g/mol. The van der Waals surface area contributed by atoms with Crippen molar-refractivity contribution in [1.29, 1.82) is 0 Å². The van der Waals surface area contributed by atoms with E-state index in [-0.39, 0.29) is 24.9 Å². The average molecular weight is 666 g/mol. The van der Waals surface area contributed by atoms with Gasteiger partial charge >= 0.3 is 5.97 Å². The number of carbonyl (C=O) groups is 2. The Morgan fingerprint density at radius 3 is 1.96 bits per heavy atom. The lowest BCUT2D eigenvalue weighted by Crippen LogP contribution is -2.42. The van der Waals surface area contributed by atoms with Crippen LogP contribution in [-0.4, -0.2) is 53.1 Å². The molecule has 0 fully saturated rings. The Bertz CT molecular complexity index is 1170. The molecule has 0 bridgehead atoms. The summed E-state index contributed by atoms with van der Waals surface area (Å²) in [6, 6.07) is 16.9. The molecule has 0 heterocycles. The molecule has 3 N–H and O–H groups in total. The summed E-state index contributed by atoms with van der Waals surface area (Å²) in [6.45, 7) is 8.06. The van der Waals surface area contributed by atoms with E-state index in [1.54, 1.807) is 39.0 Å². The van der Waals surface area contributed by atoms with Gasteiger partial charge in [-0.15, -0.1) is 0 Å². The second-order valence-corrected chi connectivity index (χ2v) is 13.7. The average Bonchev–Trinajstić information content (AvgIpc) is 3.07. The van der Waals surface area contributed by atoms with E-state index in [0.29, 0.717) is 36.3 Å². The van der Waals surface area contributed by atoms with Crippen molar-refractivity contribution in [2.45, 2.75) is 148 Å². The molecule has 0 aromatic heterocycles. The minimum Gasteiger partial charge on any atom is -0.490 e. The maximum absolute atomic E-state index is 12.6. The molecule has 2 aromatic rings. The molecule has 48 heavy (non-hydrogen) atoms. The van der Waals surface area contributed by atoms with Gasteiger partial charge in [-0.2, -0.15) is 0 Å². The first-order valence-corrected chi connectivity index (χ1v) is 18.4. The Labute approximate surface area is 290 Å². The zero-order valence-electron chi connectivity index (χ0n) is 30.2. The van der Waals surface area contributed by atoms with Gasteiger partial charge in [0.25, 0.3) is 5.91 Å². The Morgan fingerprint density at radius 2 is 1.40 bits per heavy atom. The normalized spacial score (nSPS) is 13.2. The first-order valence-electron chi connectivity index (χ1n) is 18.4. The molecule has 1 amide bonds. The molecule has 0 saturated heterocycles. The molecule has 2 rings (SSSR count). The van der Waals surface area contributed by atoms with Crippen molar-refractivity contribution >= 4 is 11.9 Å². The molecule has 0 saturated carbocycles. The molecule has 0 aliphatic rings. The molecule has 0 spiro atoms. The van der Waals surface area contributed by atoms with Gasteiger partial charge in [-0.05, 0) is 75.1 Å². The molecule has 2 atom stereocenters. The Morgan fingerprint density at radius 1 is 0.833 bits per heavy atom. The lowest BCUT2D eigenvalue weighted by Gasteiger charge is -2.31. The summed E-state index contributed by atoms with van der Waals surface area (Å²) in [6.07, 6.45) is 17.4. The Kier molecular flexibility index (Phi) is 20.5. The molecule has 7 heteroatoms. The fourth-order valence-corrected chi connectivity index (χ4v) is 5.54. The van der Waals surface area contributed by atoms with Crippen LogP contribution in [0.1, 0.15) is 140 Å². The lowest BCUT2D eigenvalue weighted by atomic mass is 9.93. The summed E-state index contributed by atoms with van der Waals surface area (Å²) in [5.41, 5.74) is 1.13. The van der Waals surface area contributed by atoms with Gasteiger partial charge in [0.05, 0.1) is 11.7 Å². The van der Waals surface area contributed by atoms with E-state index < -0.39 is 17.8 Å². The highest BCUT2D eigenvalue weighted by molar-refractivity contribution is 5.94. The highest BCUT2D eigenvalue weighted by Crippen LogP contribution is 2.22. The topological polar surface area (TPSA) is 105 Å². The van der Waals surface area contributed by atoms with E-state index in [2.05, 4.69) is 12.2 Å². The van der Waals surface area contributed by atoms with E-state index in [0.717, 1.165) is 24.8 Å². The highest BCUT2D eigenvalue weighted by atomic mass is 16.6. The van der Waals surface area contributed by atoms with Crippen LogP contribution in [0.4, 0.5) is 0 Å². The van der Waals surface area contributed by atoms with Crippen LogP contribution in [0.2, 0.25) is 0 Å². The van der Waals surface area contributed by atoms with Gasteiger partial charge < -0.3 is 25.0 Å². The van der Waals surface area contributed by atoms with Crippen molar-refractivity contribution in [2.24, 2.45) is 0 Å². The van der Waals surface area contributed by atoms with Crippen molar-refractivity contribution in [3.05, 3.63) is 77.4 Å². The number of aliphatic hydroxyl groups excluding tert-OH is 1. The van der Waals surface area contributed by atoms with Gasteiger partial charge in [0, 0.05) is 24.9 Å². The van der Waals surface area contributed by atoms with Crippen LogP contribution in [0.5, 0.6) is 5.75 Å². The predicted molar refractivity (Wildman–Crippen MR) is 195 cm³/mol. The summed E-state index contributed by atoms with van der Waals surface area (Å²) in [7, 11) is 0. The predicted octanol–water partition coefficient (Wildman–Crippen LogP) is 8.90. The van der Waals surface area contributed by atoms with Crippen molar-refractivity contribution in [1.82, 2.24) is 5.32 Å². The number of carbonyl (C=O) groups excluding carboxylic acids is 2. The van der Waals surface area contributed by atoms with Crippen molar-refractivity contribution < 1.29 is 29.3 Å². The van der Waals surface area contributed by atoms with Gasteiger partial charge in [0.15, 0.2) is 0 Å². The number of ether oxygens (including phenoxy) is 2. The first-order chi connectivity index (χ1) is 23.1. The Balaban J connectivity index is 1.63. The van der Waals surface area contributed by atoms with Crippen LogP contribution in [0.3, 0.4) is 0 Å². The van der Waals surface area contributed by atoms with Gasteiger partial charge in [0.2, 0.25) is 0 Å². The van der Waals surface area contributed by atoms with Crippen LogP contribution in [0.15, 0.2) is 66.2 Å². The SMILES string of the molecule is CCCCCCCCCCCCCCCC(=O)OC(CC(O)/C(C)=C/COc1ccc(CCNC(=O)c2ccccc2)cc1)C(C)(C)O. The van der Waals surface area contributed by atoms with Crippen molar-refractivity contribution in [2.75, 3.05) is 13.2 Å². The molecule has 2 aromatic carbocycles. The van der Waals surface area contributed by atoms with E-state index >= 15 is 0 Å². The molecule has 2 unspecified atom stereocenters. The third-order valence-electron chi connectivity index (χ3n) is 8.82. The van der Waals surface area contributed by atoms with E-state index in [1.165, 1.54) is 64.2 Å². The summed E-state index contributed by atoms with van der Waals surface area (Å²) in [5.74, 6) is 0.281. The van der Waals surface area contributed by atoms with Crippen LogP contribution >= 0.6 is 0 Å². The molecule has 0 radical (unpaired) electrons. The van der Waals surface area contributed by atoms with Gasteiger partial charge in [0.1, 0.15) is 18.5 Å². The second kappa shape index (κ2) is 24.0. The smallest absolute Gasteiger partial charge is 0.306 e. The van der Waals surface area contributed by atoms with Crippen molar-refractivity contribution in [3.63, 3.8) is 0 Å². The standard InChI is InChI=1S/C41H63NO6/c1-5-6-7-8-9-10-11-12-13-14-15-16-20-23-39(44)48-38(41(3,4)46)32-37(43)33(2)29-31-47-36-26-24-34(25-27-36)28-30-42-40(45)35-21-18-17-19-22-35/h17-19,21-22,24-27,29,37-38,43,46H,5-16,20,23,28,30-32H2,1-4H3,(H,42,45)/b33-29+. The number of benzene rings is 2. The number of esters is 1. The molecule has 7 nitrogen and oxygen atoms in total. The molecule has 268 valence electrons. The third kappa shape index (κ3) is 18.4. The third-order valence-corrected chi connectivity index (χ3v) is 8.82. The lowest BCUT2D eigenvalue weighted by molar-refractivity contribution is -0.164. The van der Waals surface area contributed by atoms with Crippen LogP contribution < -0.4 is 10.1 Å². The number of aliphatic hydroxyl groups is 2. The zero-order valence-corrected chi connectivity index (χ0v) is 30.2. The first kappa shape index (κ1) is 41.0. The fraction of sp³-hybridized carbons (Fsp3) is 0.610. The number of hydrogen-bond acceptors (Lipinski definition) is 6. The van der Waals surface area contributed by atoms with Gasteiger partial charge in [-0.25, -0.2) is 0 Å².